The van der Waals surface area contributed by atoms with Gasteiger partial charge >= 0.3 is 6.09 Å². The Kier molecular flexibility index (Phi) is 7.34. The lowest BCUT2D eigenvalue weighted by molar-refractivity contribution is 0.0506. The van der Waals surface area contributed by atoms with E-state index in [4.69, 9.17) is 4.74 Å². The summed E-state index contributed by atoms with van der Waals surface area (Å²) in [7, 11) is 0. The van der Waals surface area contributed by atoms with Crippen LogP contribution in [0.2, 0.25) is 0 Å². The fourth-order valence-corrected chi connectivity index (χ4v) is 3.58. The van der Waals surface area contributed by atoms with Gasteiger partial charge in [0.15, 0.2) is 0 Å². The lowest BCUT2D eigenvalue weighted by Gasteiger charge is -2.27. The molecule has 0 aliphatic carbocycles. The molecule has 0 fully saturated rings. The Hall–Kier alpha value is -2.20. The summed E-state index contributed by atoms with van der Waals surface area (Å²) in [5, 5.41) is 3.06. The first-order valence-corrected chi connectivity index (χ1v) is 9.63. The van der Waals surface area contributed by atoms with Crippen LogP contribution < -0.4 is 5.32 Å². The smallest absolute Gasteiger partial charge is 0.407 e. The number of carbonyl (C=O) groups is 1. The second-order valence-electron chi connectivity index (χ2n) is 7.07. The van der Waals surface area contributed by atoms with Crippen molar-refractivity contribution < 1.29 is 9.53 Å². The molecule has 26 heavy (non-hydrogen) atoms. The maximum Gasteiger partial charge on any atom is 0.407 e. The Morgan fingerprint density at radius 1 is 1.12 bits per heavy atom. The molecule has 138 valence electrons. The standard InChI is InChI=1S/C22H27NO2S/c1-5-20(26-18-14-10-7-11-15-18)19(16-17-12-8-6-9-13-17)23-21(24)25-22(2,3)4/h5-15,19-20H,1,16H2,2-4H3,(H,23,24)/t19-,20-/m0/s1. The lowest BCUT2D eigenvalue weighted by Crippen LogP contribution is -2.45. The minimum atomic E-state index is -0.530. The Balaban J connectivity index is 2.16. The van der Waals surface area contributed by atoms with Crippen molar-refractivity contribution in [2.45, 2.75) is 49.0 Å². The van der Waals surface area contributed by atoms with E-state index in [1.807, 2.05) is 63.2 Å². The van der Waals surface area contributed by atoms with Crippen LogP contribution in [0.4, 0.5) is 4.79 Å². The van der Waals surface area contributed by atoms with Crippen molar-refractivity contribution in [3.63, 3.8) is 0 Å². The fourth-order valence-electron chi connectivity index (χ4n) is 2.53. The molecule has 0 aliphatic heterocycles. The molecule has 4 heteroatoms. The molecular weight excluding hydrogens is 342 g/mol. The number of carbonyl (C=O) groups excluding carboxylic acids is 1. The van der Waals surface area contributed by atoms with E-state index in [1.54, 1.807) is 11.8 Å². The molecule has 3 nitrogen and oxygen atoms in total. The predicted molar refractivity (Wildman–Crippen MR) is 110 cm³/mol. The highest BCUT2D eigenvalue weighted by atomic mass is 32.2. The topological polar surface area (TPSA) is 38.3 Å². The first-order chi connectivity index (χ1) is 12.4. The zero-order valence-electron chi connectivity index (χ0n) is 15.6. The van der Waals surface area contributed by atoms with Crippen LogP contribution >= 0.6 is 11.8 Å². The van der Waals surface area contributed by atoms with E-state index < -0.39 is 11.7 Å². The number of rotatable bonds is 7. The van der Waals surface area contributed by atoms with Crippen molar-refractivity contribution in [1.29, 1.82) is 0 Å². The Morgan fingerprint density at radius 2 is 1.69 bits per heavy atom. The zero-order chi connectivity index (χ0) is 19.0. The van der Waals surface area contributed by atoms with Crippen molar-refractivity contribution in [1.82, 2.24) is 5.32 Å². The SMILES string of the molecule is C=C[C@H](Sc1ccccc1)[C@H](Cc1ccccc1)NC(=O)OC(C)(C)C. The molecule has 0 radical (unpaired) electrons. The van der Waals surface area contributed by atoms with Gasteiger partial charge in [-0.15, -0.1) is 18.3 Å². The van der Waals surface area contributed by atoms with E-state index >= 15 is 0 Å². The maximum absolute atomic E-state index is 12.4. The Morgan fingerprint density at radius 3 is 2.23 bits per heavy atom. The zero-order valence-corrected chi connectivity index (χ0v) is 16.5. The van der Waals surface area contributed by atoms with Gasteiger partial charge in [-0.2, -0.15) is 0 Å². The monoisotopic (exact) mass is 369 g/mol. The normalized spacial score (nSPS) is 13.5. The van der Waals surface area contributed by atoms with Gasteiger partial charge in [-0.05, 0) is 44.9 Å². The molecule has 2 aromatic carbocycles. The molecule has 0 aliphatic rings. The van der Waals surface area contributed by atoms with Crippen LogP contribution in [-0.2, 0) is 11.2 Å². The van der Waals surface area contributed by atoms with Crippen molar-refractivity contribution in [3.05, 3.63) is 78.9 Å². The third-order valence-corrected chi connectivity index (χ3v) is 4.98. The minimum absolute atomic E-state index is 0.0186. The molecule has 0 saturated heterocycles. The van der Waals surface area contributed by atoms with Crippen LogP contribution in [0.3, 0.4) is 0 Å². The number of nitrogens with one attached hydrogen (secondary N) is 1. The van der Waals surface area contributed by atoms with Crippen LogP contribution in [0, 0.1) is 0 Å². The molecule has 1 N–H and O–H groups in total. The summed E-state index contributed by atoms with van der Waals surface area (Å²) >= 11 is 1.69. The van der Waals surface area contributed by atoms with E-state index in [2.05, 4.69) is 36.2 Å². The third-order valence-electron chi connectivity index (χ3n) is 3.64. The van der Waals surface area contributed by atoms with Gasteiger partial charge in [0.2, 0.25) is 0 Å². The average Bonchev–Trinajstić information content (AvgIpc) is 2.59. The molecule has 2 atom stereocenters. The summed E-state index contributed by atoms with van der Waals surface area (Å²) in [6.07, 6.45) is 2.19. The van der Waals surface area contributed by atoms with Crippen LogP contribution in [-0.4, -0.2) is 23.0 Å². The number of thioether (sulfide) groups is 1. The number of ether oxygens (including phenoxy) is 1. The molecule has 1 amide bonds. The van der Waals surface area contributed by atoms with Crippen molar-refractivity contribution >= 4 is 17.9 Å². The summed E-state index contributed by atoms with van der Waals surface area (Å²) in [5.74, 6) is 0. The number of amides is 1. The quantitative estimate of drug-likeness (QED) is 0.519. The maximum atomic E-state index is 12.4. The highest BCUT2D eigenvalue weighted by molar-refractivity contribution is 8.00. The average molecular weight is 370 g/mol. The van der Waals surface area contributed by atoms with Crippen LogP contribution in [0.5, 0.6) is 0 Å². The van der Waals surface area contributed by atoms with Gasteiger partial charge < -0.3 is 10.1 Å². The van der Waals surface area contributed by atoms with Gasteiger partial charge in [-0.3, -0.25) is 0 Å². The van der Waals surface area contributed by atoms with Gasteiger partial charge in [0.1, 0.15) is 5.60 Å². The minimum Gasteiger partial charge on any atom is -0.444 e. The number of benzene rings is 2. The van der Waals surface area contributed by atoms with E-state index in [1.165, 1.54) is 0 Å². The largest absolute Gasteiger partial charge is 0.444 e. The lowest BCUT2D eigenvalue weighted by atomic mass is 10.0. The predicted octanol–water partition coefficient (Wildman–Crippen LogP) is 5.47. The first kappa shape index (κ1) is 20.1. The highest BCUT2D eigenvalue weighted by Gasteiger charge is 2.25. The number of alkyl carbamates (subject to hydrolysis) is 1. The summed E-state index contributed by atoms with van der Waals surface area (Å²) in [5.41, 5.74) is 0.631. The second-order valence-corrected chi connectivity index (χ2v) is 8.33. The number of hydrogen-bond donors (Lipinski definition) is 1. The van der Waals surface area contributed by atoms with E-state index in [9.17, 15) is 4.79 Å². The van der Waals surface area contributed by atoms with Crippen LogP contribution in [0.15, 0.2) is 78.2 Å². The molecular formula is C22H27NO2S. The molecule has 0 saturated carbocycles. The molecule has 0 spiro atoms. The fraction of sp³-hybridized carbons (Fsp3) is 0.318. The van der Waals surface area contributed by atoms with Gasteiger partial charge in [-0.25, -0.2) is 4.79 Å². The van der Waals surface area contributed by atoms with Crippen molar-refractivity contribution in [2.24, 2.45) is 0 Å². The Bertz CT molecular complexity index is 695. The van der Waals surface area contributed by atoms with Gasteiger partial charge in [0, 0.05) is 10.1 Å². The van der Waals surface area contributed by atoms with Gasteiger partial charge in [-0.1, -0.05) is 54.6 Å². The van der Waals surface area contributed by atoms with Gasteiger partial charge in [0.25, 0.3) is 0 Å². The Labute approximate surface area is 160 Å². The van der Waals surface area contributed by atoms with E-state index in [0.717, 1.165) is 10.5 Å². The molecule has 0 heterocycles. The molecule has 0 bridgehead atoms. The third kappa shape index (κ3) is 6.96. The van der Waals surface area contributed by atoms with Crippen molar-refractivity contribution in [3.8, 4) is 0 Å². The molecule has 2 aromatic rings. The summed E-state index contributed by atoms with van der Waals surface area (Å²) in [4.78, 5) is 13.5. The molecule has 0 aromatic heterocycles. The molecule has 0 unspecified atom stereocenters. The van der Waals surface area contributed by atoms with Crippen molar-refractivity contribution in [2.75, 3.05) is 0 Å². The van der Waals surface area contributed by atoms with Gasteiger partial charge in [0.05, 0.1) is 6.04 Å². The second kappa shape index (κ2) is 9.48. The summed E-state index contributed by atoms with van der Waals surface area (Å²) < 4.78 is 5.46. The van der Waals surface area contributed by atoms with Crippen LogP contribution in [0.25, 0.3) is 0 Å². The summed E-state index contributed by atoms with van der Waals surface area (Å²) in [6.45, 7) is 9.58. The van der Waals surface area contributed by atoms with E-state index in [0.29, 0.717) is 6.42 Å². The first-order valence-electron chi connectivity index (χ1n) is 8.75. The van der Waals surface area contributed by atoms with E-state index in [-0.39, 0.29) is 11.3 Å². The van der Waals surface area contributed by atoms with Crippen LogP contribution in [0.1, 0.15) is 26.3 Å². The summed E-state index contributed by atoms with van der Waals surface area (Å²) in [6, 6.07) is 20.1. The molecule has 2 rings (SSSR count). The number of hydrogen-bond acceptors (Lipinski definition) is 3. The highest BCUT2D eigenvalue weighted by Crippen LogP contribution is 2.27.